The van der Waals surface area contributed by atoms with Crippen molar-refractivity contribution < 1.29 is 12.8 Å². The first-order valence-corrected chi connectivity index (χ1v) is 8.77. The number of benzene rings is 1. The maximum absolute atomic E-state index is 13.2. The lowest BCUT2D eigenvalue weighted by atomic mass is 9.98. The van der Waals surface area contributed by atoms with Crippen molar-refractivity contribution in [2.24, 2.45) is 0 Å². The summed E-state index contributed by atoms with van der Waals surface area (Å²) in [4.78, 5) is -0.233. The maximum atomic E-state index is 13.2. The molecule has 1 aromatic carbocycles. The number of halogens is 3. The van der Waals surface area contributed by atoms with Crippen molar-refractivity contribution >= 4 is 37.6 Å². The minimum atomic E-state index is -3.85. The summed E-state index contributed by atoms with van der Waals surface area (Å²) in [6.45, 7) is 3.69. The van der Waals surface area contributed by atoms with Crippen LogP contribution in [0.4, 0.5) is 4.39 Å². The van der Waals surface area contributed by atoms with Gasteiger partial charge >= 0.3 is 0 Å². The molecule has 0 aliphatic rings. The zero-order chi connectivity index (χ0) is 14.7. The van der Waals surface area contributed by atoms with Gasteiger partial charge < -0.3 is 0 Å². The van der Waals surface area contributed by atoms with Crippen LogP contribution in [0, 0.1) is 5.82 Å². The van der Waals surface area contributed by atoms with E-state index in [0.717, 1.165) is 12.1 Å². The Kier molecular flexibility index (Phi) is 5.79. The van der Waals surface area contributed by atoms with E-state index in [4.69, 9.17) is 11.6 Å². The fourth-order valence-corrected chi connectivity index (χ4v) is 4.47. The standard InChI is InChI=1S/C12H16BrClFNO2S/c1-3-12(2,6-7-13)16-19(17,18)11-8-9(15)4-5-10(11)14/h4-5,8,16H,3,6-7H2,1-2H3. The topological polar surface area (TPSA) is 46.2 Å². The van der Waals surface area contributed by atoms with Crippen LogP contribution in [0.3, 0.4) is 0 Å². The Morgan fingerprint density at radius 3 is 2.63 bits per heavy atom. The molecule has 1 atom stereocenters. The fourth-order valence-electron chi connectivity index (χ4n) is 1.57. The van der Waals surface area contributed by atoms with E-state index >= 15 is 0 Å². The van der Waals surface area contributed by atoms with Gasteiger partial charge in [0, 0.05) is 10.9 Å². The van der Waals surface area contributed by atoms with E-state index in [1.807, 2.05) is 6.92 Å². The second-order valence-corrected chi connectivity index (χ2v) is 7.38. The normalized spacial score (nSPS) is 15.2. The van der Waals surface area contributed by atoms with E-state index in [2.05, 4.69) is 20.7 Å². The summed E-state index contributed by atoms with van der Waals surface area (Å²) in [6.07, 6.45) is 1.24. The molecular formula is C12H16BrClFNO2S. The van der Waals surface area contributed by atoms with Gasteiger partial charge in [-0.25, -0.2) is 17.5 Å². The SMILES string of the molecule is CCC(C)(CCBr)NS(=O)(=O)c1cc(F)ccc1Cl. The molecule has 1 rings (SSSR count). The van der Waals surface area contributed by atoms with Crippen LogP contribution in [-0.2, 0) is 10.0 Å². The Labute approximate surface area is 126 Å². The van der Waals surface area contributed by atoms with Gasteiger partial charge in [0.05, 0.1) is 5.02 Å². The lowest BCUT2D eigenvalue weighted by Gasteiger charge is -2.28. The van der Waals surface area contributed by atoms with Crippen LogP contribution in [0.1, 0.15) is 26.7 Å². The first-order valence-electron chi connectivity index (χ1n) is 5.79. The van der Waals surface area contributed by atoms with Crippen LogP contribution in [0.25, 0.3) is 0 Å². The van der Waals surface area contributed by atoms with Crippen molar-refractivity contribution in [3.8, 4) is 0 Å². The quantitative estimate of drug-likeness (QED) is 0.774. The minimum Gasteiger partial charge on any atom is -0.207 e. The molecule has 1 N–H and O–H groups in total. The fraction of sp³-hybridized carbons (Fsp3) is 0.500. The molecule has 0 radical (unpaired) electrons. The Morgan fingerprint density at radius 1 is 1.47 bits per heavy atom. The number of rotatable bonds is 6. The first-order chi connectivity index (χ1) is 8.74. The minimum absolute atomic E-state index is 0.00574. The number of nitrogens with one attached hydrogen (secondary N) is 1. The molecule has 0 saturated carbocycles. The predicted octanol–water partition coefficient (Wildman–Crippen LogP) is 3.71. The van der Waals surface area contributed by atoms with Crippen molar-refractivity contribution in [1.82, 2.24) is 4.72 Å². The molecule has 7 heteroatoms. The average Bonchev–Trinajstić information content (AvgIpc) is 2.31. The lowest BCUT2D eigenvalue weighted by Crippen LogP contribution is -2.45. The van der Waals surface area contributed by atoms with Gasteiger partial charge in [0.1, 0.15) is 10.7 Å². The highest BCUT2D eigenvalue weighted by molar-refractivity contribution is 9.09. The molecule has 0 spiro atoms. The molecular weight excluding hydrogens is 357 g/mol. The summed E-state index contributed by atoms with van der Waals surface area (Å²) in [5.74, 6) is -0.636. The van der Waals surface area contributed by atoms with Gasteiger partial charge in [-0.15, -0.1) is 0 Å². The second-order valence-electron chi connectivity index (χ2n) is 4.53. The Balaban J connectivity index is 3.14. The van der Waals surface area contributed by atoms with Crippen molar-refractivity contribution in [3.63, 3.8) is 0 Å². The molecule has 0 aliphatic heterocycles. The molecule has 0 fully saturated rings. The summed E-state index contributed by atoms with van der Waals surface area (Å²) >= 11 is 9.13. The van der Waals surface area contributed by atoms with Crippen LogP contribution in [0.15, 0.2) is 23.1 Å². The van der Waals surface area contributed by atoms with Gasteiger partial charge in [0.25, 0.3) is 0 Å². The molecule has 0 bridgehead atoms. The average molecular weight is 373 g/mol. The number of alkyl halides is 1. The molecule has 1 aromatic rings. The van der Waals surface area contributed by atoms with E-state index in [9.17, 15) is 12.8 Å². The van der Waals surface area contributed by atoms with E-state index in [-0.39, 0.29) is 9.92 Å². The van der Waals surface area contributed by atoms with Gasteiger partial charge in [-0.3, -0.25) is 0 Å². The number of hydrogen-bond acceptors (Lipinski definition) is 2. The third kappa shape index (κ3) is 4.41. The summed E-state index contributed by atoms with van der Waals surface area (Å²) < 4.78 is 40.3. The summed E-state index contributed by atoms with van der Waals surface area (Å²) in [5.41, 5.74) is -0.599. The van der Waals surface area contributed by atoms with Gasteiger partial charge in [-0.05, 0) is 38.0 Å². The number of sulfonamides is 1. The smallest absolute Gasteiger partial charge is 0.207 e. The molecule has 1 unspecified atom stereocenters. The summed E-state index contributed by atoms with van der Waals surface area (Å²) in [5, 5.41) is 0.669. The highest BCUT2D eigenvalue weighted by Crippen LogP contribution is 2.25. The highest BCUT2D eigenvalue weighted by Gasteiger charge is 2.29. The monoisotopic (exact) mass is 371 g/mol. The van der Waals surface area contributed by atoms with Gasteiger partial charge in [0.15, 0.2) is 0 Å². The maximum Gasteiger partial charge on any atom is 0.242 e. The summed E-state index contributed by atoms with van der Waals surface area (Å²) in [7, 11) is -3.85. The van der Waals surface area contributed by atoms with Gasteiger partial charge in [0.2, 0.25) is 10.0 Å². The van der Waals surface area contributed by atoms with Gasteiger partial charge in [-0.1, -0.05) is 34.5 Å². The molecule has 0 aromatic heterocycles. The van der Waals surface area contributed by atoms with E-state index < -0.39 is 21.4 Å². The molecule has 0 heterocycles. The van der Waals surface area contributed by atoms with Crippen LogP contribution in [0.5, 0.6) is 0 Å². The van der Waals surface area contributed by atoms with E-state index in [0.29, 0.717) is 18.2 Å². The summed E-state index contributed by atoms with van der Waals surface area (Å²) in [6, 6.07) is 3.28. The Bertz CT molecular complexity index is 553. The Hall–Kier alpha value is -0.170. The second kappa shape index (κ2) is 6.52. The van der Waals surface area contributed by atoms with Crippen LogP contribution in [-0.4, -0.2) is 19.3 Å². The number of hydrogen-bond donors (Lipinski definition) is 1. The van der Waals surface area contributed by atoms with E-state index in [1.165, 1.54) is 6.07 Å². The third-order valence-electron chi connectivity index (χ3n) is 2.99. The van der Waals surface area contributed by atoms with Crippen molar-refractivity contribution in [2.45, 2.75) is 37.1 Å². The zero-order valence-corrected chi connectivity index (χ0v) is 13.9. The van der Waals surface area contributed by atoms with Crippen molar-refractivity contribution in [1.29, 1.82) is 0 Å². The molecule has 19 heavy (non-hydrogen) atoms. The Morgan fingerprint density at radius 2 is 2.11 bits per heavy atom. The van der Waals surface area contributed by atoms with Crippen LogP contribution >= 0.6 is 27.5 Å². The molecule has 0 saturated heterocycles. The third-order valence-corrected chi connectivity index (χ3v) is 5.51. The molecule has 0 aliphatic carbocycles. The zero-order valence-electron chi connectivity index (χ0n) is 10.7. The molecule has 3 nitrogen and oxygen atoms in total. The van der Waals surface area contributed by atoms with E-state index in [1.54, 1.807) is 6.92 Å². The van der Waals surface area contributed by atoms with Gasteiger partial charge in [-0.2, -0.15) is 0 Å². The first kappa shape index (κ1) is 16.9. The van der Waals surface area contributed by atoms with Crippen molar-refractivity contribution in [2.75, 3.05) is 5.33 Å². The lowest BCUT2D eigenvalue weighted by molar-refractivity contribution is 0.392. The van der Waals surface area contributed by atoms with Crippen molar-refractivity contribution in [3.05, 3.63) is 29.0 Å². The highest BCUT2D eigenvalue weighted by atomic mass is 79.9. The van der Waals surface area contributed by atoms with Crippen LogP contribution in [0.2, 0.25) is 5.02 Å². The largest absolute Gasteiger partial charge is 0.242 e. The molecule has 108 valence electrons. The molecule has 0 amide bonds. The predicted molar refractivity (Wildman–Crippen MR) is 78.8 cm³/mol. The van der Waals surface area contributed by atoms with Crippen LogP contribution < -0.4 is 4.72 Å².